The van der Waals surface area contributed by atoms with E-state index < -0.39 is 11.6 Å². The highest BCUT2D eigenvalue weighted by atomic mass is 35.5. The smallest absolute Gasteiger partial charge is 0.190 e. The van der Waals surface area contributed by atoms with Crippen LogP contribution in [0.2, 0.25) is 0 Å². The van der Waals surface area contributed by atoms with Gasteiger partial charge in [-0.3, -0.25) is 0 Å². The Labute approximate surface area is 93.0 Å². The van der Waals surface area contributed by atoms with Crippen LogP contribution in [0.15, 0.2) is 12.1 Å². The maximum absolute atomic E-state index is 13.3. The molecule has 0 aromatic heterocycles. The second kappa shape index (κ2) is 5.31. The van der Waals surface area contributed by atoms with E-state index in [-0.39, 0.29) is 24.2 Å². The zero-order valence-corrected chi connectivity index (χ0v) is 9.44. The van der Waals surface area contributed by atoms with Gasteiger partial charge in [0.25, 0.3) is 0 Å². The van der Waals surface area contributed by atoms with Gasteiger partial charge in [0.2, 0.25) is 0 Å². The van der Waals surface area contributed by atoms with Crippen molar-refractivity contribution in [3.05, 3.63) is 29.3 Å². The standard InChI is InChI=1S/C11H13ClF2O/c1-7(2)6-15-11-9(13)3-8(5-12)4-10(11)14/h3-4,7H,5-6H2,1-2H3. The molecule has 0 spiro atoms. The Balaban J connectivity index is 2.88. The fraction of sp³-hybridized carbons (Fsp3) is 0.455. The molecule has 0 saturated carbocycles. The molecule has 0 bridgehead atoms. The second-order valence-electron chi connectivity index (χ2n) is 3.73. The van der Waals surface area contributed by atoms with Crippen LogP contribution in [0.1, 0.15) is 19.4 Å². The van der Waals surface area contributed by atoms with Crippen molar-refractivity contribution in [1.29, 1.82) is 0 Å². The van der Waals surface area contributed by atoms with Crippen LogP contribution in [-0.2, 0) is 5.88 Å². The van der Waals surface area contributed by atoms with E-state index in [2.05, 4.69) is 0 Å². The third kappa shape index (κ3) is 3.34. The van der Waals surface area contributed by atoms with Crippen LogP contribution < -0.4 is 4.74 Å². The molecule has 0 aliphatic carbocycles. The SMILES string of the molecule is CC(C)COc1c(F)cc(CCl)cc1F. The molecule has 15 heavy (non-hydrogen) atoms. The van der Waals surface area contributed by atoms with Gasteiger partial charge in [0, 0.05) is 5.88 Å². The topological polar surface area (TPSA) is 9.23 Å². The summed E-state index contributed by atoms with van der Waals surface area (Å²) < 4.78 is 31.7. The Hall–Kier alpha value is -0.830. The molecule has 0 atom stereocenters. The minimum absolute atomic E-state index is 0.0816. The van der Waals surface area contributed by atoms with Crippen molar-refractivity contribution in [2.24, 2.45) is 5.92 Å². The van der Waals surface area contributed by atoms with E-state index in [0.717, 1.165) is 0 Å². The maximum atomic E-state index is 13.3. The van der Waals surface area contributed by atoms with Crippen molar-refractivity contribution in [3.8, 4) is 5.75 Å². The normalized spacial score (nSPS) is 10.8. The van der Waals surface area contributed by atoms with Gasteiger partial charge in [-0.15, -0.1) is 11.6 Å². The Bertz CT molecular complexity index is 316. The largest absolute Gasteiger partial charge is 0.487 e. The van der Waals surface area contributed by atoms with E-state index in [1.807, 2.05) is 13.8 Å². The summed E-state index contributed by atoms with van der Waals surface area (Å²) in [5.41, 5.74) is 0.406. The second-order valence-corrected chi connectivity index (χ2v) is 3.99. The van der Waals surface area contributed by atoms with Gasteiger partial charge >= 0.3 is 0 Å². The highest BCUT2D eigenvalue weighted by molar-refractivity contribution is 6.17. The van der Waals surface area contributed by atoms with Gasteiger partial charge in [-0.2, -0.15) is 0 Å². The highest BCUT2D eigenvalue weighted by Gasteiger charge is 2.12. The van der Waals surface area contributed by atoms with Crippen LogP contribution in [0.25, 0.3) is 0 Å². The Morgan fingerprint density at radius 1 is 1.27 bits per heavy atom. The van der Waals surface area contributed by atoms with Crippen LogP contribution in [0.4, 0.5) is 8.78 Å². The van der Waals surface area contributed by atoms with Gasteiger partial charge < -0.3 is 4.74 Å². The molecule has 0 saturated heterocycles. The Kier molecular flexibility index (Phi) is 4.33. The van der Waals surface area contributed by atoms with Gasteiger partial charge in [0.05, 0.1) is 6.61 Å². The van der Waals surface area contributed by atoms with E-state index in [4.69, 9.17) is 16.3 Å². The first-order chi connectivity index (χ1) is 7.04. The summed E-state index contributed by atoms with van der Waals surface area (Å²) in [6.45, 7) is 4.10. The van der Waals surface area contributed by atoms with Gasteiger partial charge in [-0.05, 0) is 23.6 Å². The molecule has 84 valence electrons. The first-order valence-electron chi connectivity index (χ1n) is 4.71. The highest BCUT2D eigenvalue weighted by Crippen LogP contribution is 2.24. The predicted octanol–water partition coefficient (Wildman–Crippen LogP) is 3.74. The van der Waals surface area contributed by atoms with Crippen molar-refractivity contribution in [3.63, 3.8) is 0 Å². The van der Waals surface area contributed by atoms with Crippen molar-refractivity contribution in [1.82, 2.24) is 0 Å². The molecule has 0 N–H and O–H groups in total. The van der Waals surface area contributed by atoms with Crippen LogP contribution in [-0.4, -0.2) is 6.61 Å². The number of benzene rings is 1. The number of hydrogen-bond donors (Lipinski definition) is 0. The lowest BCUT2D eigenvalue weighted by Gasteiger charge is -2.11. The average molecular weight is 235 g/mol. The number of halogens is 3. The monoisotopic (exact) mass is 234 g/mol. The molecule has 1 aromatic rings. The van der Waals surface area contributed by atoms with Gasteiger partial charge in [0.15, 0.2) is 17.4 Å². The van der Waals surface area contributed by atoms with E-state index in [1.54, 1.807) is 0 Å². The zero-order valence-electron chi connectivity index (χ0n) is 8.69. The number of ether oxygens (including phenoxy) is 1. The van der Waals surface area contributed by atoms with Gasteiger partial charge in [-0.25, -0.2) is 8.78 Å². The number of rotatable bonds is 4. The molecule has 0 amide bonds. The summed E-state index contributed by atoms with van der Waals surface area (Å²) in [6, 6.07) is 2.37. The molecular weight excluding hydrogens is 222 g/mol. The summed E-state index contributed by atoms with van der Waals surface area (Å²) >= 11 is 5.48. The Morgan fingerprint density at radius 2 is 1.80 bits per heavy atom. The minimum atomic E-state index is -0.702. The first kappa shape index (κ1) is 12.2. The molecule has 0 aliphatic rings. The molecular formula is C11H13ClF2O. The molecule has 1 aromatic carbocycles. The number of alkyl halides is 1. The molecule has 1 rings (SSSR count). The van der Waals surface area contributed by atoms with Crippen molar-refractivity contribution in [2.75, 3.05) is 6.61 Å². The summed E-state index contributed by atoms with van der Waals surface area (Å²) in [7, 11) is 0. The van der Waals surface area contributed by atoms with Crippen LogP contribution in [0, 0.1) is 17.6 Å². The maximum Gasteiger partial charge on any atom is 0.190 e. The lowest BCUT2D eigenvalue weighted by molar-refractivity contribution is 0.247. The van der Waals surface area contributed by atoms with E-state index in [9.17, 15) is 8.78 Å². The number of hydrogen-bond acceptors (Lipinski definition) is 1. The van der Waals surface area contributed by atoms with Crippen molar-refractivity contribution >= 4 is 11.6 Å². The van der Waals surface area contributed by atoms with Crippen LogP contribution >= 0.6 is 11.6 Å². The fourth-order valence-corrected chi connectivity index (χ4v) is 1.23. The summed E-state index contributed by atoms with van der Waals surface area (Å²) in [5, 5.41) is 0. The molecule has 0 heterocycles. The molecule has 1 nitrogen and oxygen atoms in total. The van der Waals surface area contributed by atoms with Crippen LogP contribution in [0.5, 0.6) is 5.75 Å². The summed E-state index contributed by atoms with van der Waals surface area (Å²) in [5.74, 6) is -1.43. The third-order valence-electron chi connectivity index (χ3n) is 1.77. The molecule has 0 radical (unpaired) electrons. The predicted molar refractivity (Wildman–Crippen MR) is 56.2 cm³/mol. The Morgan fingerprint density at radius 3 is 2.20 bits per heavy atom. The summed E-state index contributed by atoms with van der Waals surface area (Å²) in [4.78, 5) is 0. The molecule has 0 aliphatic heterocycles. The first-order valence-corrected chi connectivity index (χ1v) is 5.24. The van der Waals surface area contributed by atoms with Gasteiger partial charge in [-0.1, -0.05) is 13.8 Å². The fourth-order valence-electron chi connectivity index (χ4n) is 1.08. The summed E-state index contributed by atoms with van der Waals surface area (Å²) in [6.07, 6.45) is 0. The molecule has 4 heteroatoms. The van der Waals surface area contributed by atoms with Crippen molar-refractivity contribution < 1.29 is 13.5 Å². The lowest BCUT2D eigenvalue weighted by atomic mass is 10.2. The average Bonchev–Trinajstić information content (AvgIpc) is 2.15. The molecule has 0 unspecified atom stereocenters. The van der Waals surface area contributed by atoms with E-state index in [0.29, 0.717) is 5.56 Å². The van der Waals surface area contributed by atoms with E-state index >= 15 is 0 Å². The van der Waals surface area contributed by atoms with Crippen molar-refractivity contribution in [2.45, 2.75) is 19.7 Å². The minimum Gasteiger partial charge on any atom is -0.487 e. The quantitative estimate of drug-likeness (QED) is 0.722. The molecule has 0 fully saturated rings. The van der Waals surface area contributed by atoms with E-state index in [1.165, 1.54) is 12.1 Å². The lowest BCUT2D eigenvalue weighted by Crippen LogP contribution is -2.07. The van der Waals surface area contributed by atoms with Crippen LogP contribution in [0.3, 0.4) is 0 Å². The van der Waals surface area contributed by atoms with Gasteiger partial charge in [0.1, 0.15) is 0 Å². The third-order valence-corrected chi connectivity index (χ3v) is 2.08. The zero-order chi connectivity index (χ0) is 11.4.